The first-order chi connectivity index (χ1) is 12.8. The number of hydrogen-bond acceptors (Lipinski definition) is 8. The van der Waals surface area contributed by atoms with Crippen LogP contribution in [0.25, 0.3) is 0 Å². The van der Waals surface area contributed by atoms with Crippen molar-refractivity contribution in [1.82, 2.24) is 20.1 Å². The lowest BCUT2D eigenvalue weighted by Gasteiger charge is -2.04. The topological polar surface area (TPSA) is 127 Å². The highest BCUT2D eigenvalue weighted by molar-refractivity contribution is 7.89. The van der Waals surface area contributed by atoms with Gasteiger partial charge in [-0.15, -0.1) is 10.2 Å². The van der Waals surface area contributed by atoms with E-state index in [0.717, 1.165) is 11.3 Å². The van der Waals surface area contributed by atoms with Gasteiger partial charge in [-0.2, -0.15) is 0 Å². The number of carbonyl (C=O) groups is 1. The fourth-order valence-corrected chi connectivity index (χ4v) is 4.32. The molecule has 1 aromatic carbocycles. The molecular formula is C15H14FN5O4S2. The Morgan fingerprint density at radius 1 is 1.26 bits per heavy atom. The van der Waals surface area contributed by atoms with Crippen molar-refractivity contribution < 1.29 is 22.1 Å². The van der Waals surface area contributed by atoms with Crippen LogP contribution in [0.3, 0.4) is 0 Å². The Kier molecular flexibility index (Phi) is 5.30. The van der Waals surface area contributed by atoms with E-state index in [1.165, 1.54) is 32.0 Å². The van der Waals surface area contributed by atoms with Gasteiger partial charge in [-0.05, 0) is 26.0 Å². The maximum Gasteiger partial charge on any atom is 0.286 e. The smallest absolute Gasteiger partial charge is 0.286 e. The number of aryl methyl sites for hydroxylation is 2. The molecule has 3 aromatic rings. The second-order valence-electron chi connectivity index (χ2n) is 5.41. The van der Waals surface area contributed by atoms with Crippen LogP contribution >= 0.6 is 11.3 Å². The Balaban J connectivity index is 1.68. The molecule has 0 aliphatic heterocycles. The standard InChI is InChI=1S/C15H14FN5O4S2/c1-8-13(9(2)25-21-8)27(23,24)17-7-12-19-20-15(26-12)14(22)18-11-6-4-3-5-10(11)16/h3-6,17H,7H2,1-2H3,(H,18,22). The largest absolute Gasteiger partial charge is 0.360 e. The van der Waals surface area contributed by atoms with Gasteiger partial charge in [-0.1, -0.05) is 28.6 Å². The molecule has 1 amide bonds. The summed E-state index contributed by atoms with van der Waals surface area (Å²) in [6.45, 7) is 2.84. The zero-order valence-electron chi connectivity index (χ0n) is 14.2. The van der Waals surface area contributed by atoms with E-state index in [4.69, 9.17) is 4.52 Å². The summed E-state index contributed by atoms with van der Waals surface area (Å²) in [4.78, 5) is 12.1. The van der Waals surface area contributed by atoms with Crippen LogP contribution in [0.15, 0.2) is 33.7 Å². The van der Waals surface area contributed by atoms with Crippen LogP contribution in [-0.4, -0.2) is 29.7 Å². The van der Waals surface area contributed by atoms with Crippen LogP contribution in [0.4, 0.5) is 10.1 Å². The highest BCUT2D eigenvalue weighted by atomic mass is 32.2. The molecule has 0 bridgehead atoms. The second-order valence-corrected chi connectivity index (χ2v) is 8.18. The van der Waals surface area contributed by atoms with Crippen molar-refractivity contribution in [2.24, 2.45) is 0 Å². The van der Waals surface area contributed by atoms with Crippen LogP contribution in [0.5, 0.6) is 0 Å². The van der Waals surface area contributed by atoms with Crippen molar-refractivity contribution in [3.63, 3.8) is 0 Å². The molecule has 0 unspecified atom stereocenters. The number of hydrogen-bond donors (Lipinski definition) is 2. The summed E-state index contributed by atoms with van der Waals surface area (Å²) in [6, 6.07) is 5.70. The van der Waals surface area contributed by atoms with E-state index < -0.39 is 21.7 Å². The minimum atomic E-state index is -3.86. The normalized spacial score (nSPS) is 11.5. The van der Waals surface area contributed by atoms with Crippen LogP contribution in [0, 0.1) is 19.7 Å². The van der Waals surface area contributed by atoms with E-state index in [0.29, 0.717) is 0 Å². The minimum Gasteiger partial charge on any atom is -0.360 e. The molecule has 3 rings (SSSR count). The summed E-state index contributed by atoms with van der Waals surface area (Å²) in [6.07, 6.45) is 0. The highest BCUT2D eigenvalue weighted by Crippen LogP contribution is 2.20. The van der Waals surface area contributed by atoms with Gasteiger partial charge in [0.2, 0.25) is 15.0 Å². The Morgan fingerprint density at radius 3 is 2.67 bits per heavy atom. The van der Waals surface area contributed by atoms with Gasteiger partial charge < -0.3 is 9.84 Å². The molecule has 2 aromatic heterocycles. The molecule has 0 saturated heterocycles. The van der Waals surface area contributed by atoms with Gasteiger partial charge in [-0.3, -0.25) is 4.79 Å². The Hall–Kier alpha value is -2.70. The number of rotatable bonds is 6. The molecule has 0 radical (unpaired) electrons. The molecule has 0 spiro atoms. The molecule has 2 N–H and O–H groups in total. The Labute approximate surface area is 157 Å². The maximum atomic E-state index is 13.6. The molecule has 142 valence electrons. The quantitative estimate of drug-likeness (QED) is 0.635. The molecule has 0 fully saturated rings. The van der Waals surface area contributed by atoms with Crippen molar-refractivity contribution in [3.8, 4) is 0 Å². The predicted molar refractivity (Wildman–Crippen MR) is 94.3 cm³/mol. The molecular weight excluding hydrogens is 397 g/mol. The molecule has 0 aliphatic carbocycles. The molecule has 2 heterocycles. The molecule has 0 saturated carbocycles. The monoisotopic (exact) mass is 411 g/mol. The van der Waals surface area contributed by atoms with Crippen molar-refractivity contribution in [2.45, 2.75) is 25.3 Å². The van der Waals surface area contributed by atoms with E-state index in [2.05, 4.69) is 25.4 Å². The summed E-state index contributed by atoms with van der Waals surface area (Å²) in [5.41, 5.74) is 0.251. The third-order valence-electron chi connectivity index (χ3n) is 3.43. The Morgan fingerprint density at radius 2 is 2.00 bits per heavy atom. The first-order valence-electron chi connectivity index (χ1n) is 7.58. The van der Waals surface area contributed by atoms with E-state index in [9.17, 15) is 17.6 Å². The van der Waals surface area contributed by atoms with Crippen LogP contribution in [-0.2, 0) is 16.6 Å². The number of carbonyl (C=O) groups excluding carboxylic acids is 1. The van der Waals surface area contributed by atoms with E-state index in [-0.39, 0.29) is 38.6 Å². The lowest BCUT2D eigenvalue weighted by Crippen LogP contribution is -2.24. The first-order valence-corrected chi connectivity index (χ1v) is 9.88. The predicted octanol–water partition coefficient (Wildman–Crippen LogP) is 2.01. The number of amides is 1. The van der Waals surface area contributed by atoms with Gasteiger partial charge in [0, 0.05) is 0 Å². The van der Waals surface area contributed by atoms with Gasteiger partial charge >= 0.3 is 0 Å². The molecule has 27 heavy (non-hydrogen) atoms. The van der Waals surface area contributed by atoms with Gasteiger partial charge in [0.25, 0.3) is 5.91 Å². The third kappa shape index (κ3) is 4.18. The van der Waals surface area contributed by atoms with Crippen molar-refractivity contribution in [2.75, 3.05) is 5.32 Å². The minimum absolute atomic E-state index is 0.0124. The fourth-order valence-electron chi connectivity index (χ4n) is 2.24. The van der Waals surface area contributed by atoms with Crippen LogP contribution in [0.2, 0.25) is 0 Å². The fraction of sp³-hybridized carbons (Fsp3) is 0.200. The summed E-state index contributed by atoms with van der Waals surface area (Å²) in [5.74, 6) is -1.05. The number of sulfonamides is 1. The van der Waals surface area contributed by atoms with E-state index in [1.807, 2.05) is 0 Å². The second kappa shape index (κ2) is 7.50. The summed E-state index contributed by atoms with van der Waals surface area (Å²) in [7, 11) is -3.86. The van der Waals surface area contributed by atoms with Crippen molar-refractivity contribution in [3.05, 3.63) is 51.6 Å². The van der Waals surface area contributed by atoms with Gasteiger partial charge in [0.1, 0.15) is 21.4 Å². The van der Waals surface area contributed by atoms with Gasteiger partial charge in [-0.25, -0.2) is 17.5 Å². The number of nitrogens with one attached hydrogen (secondary N) is 2. The van der Waals surface area contributed by atoms with E-state index in [1.54, 1.807) is 6.07 Å². The van der Waals surface area contributed by atoms with Crippen molar-refractivity contribution in [1.29, 1.82) is 0 Å². The molecule has 0 atom stereocenters. The van der Waals surface area contributed by atoms with Crippen molar-refractivity contribution >= 4 is 33.0 Å². The average Bonchev–Trinajstić information content (AvgIpc) is 3.22. The number of para-hydroxylation sites is 1. The first kappa shape index (κ1) is 19.1. The van der Waals surface area contributed by atoms with E-state index >= 15 is 0 Å². The number of benzene rings is 1. The average molecular weight is 411 g/mol. The number of nitrogens with zero attached hydrogens (tertiary/aromatic N) is 3. The highest BCUT2D eigenvalue weighted by Gasteiger charge is 2.24. The number of anilines is 1. The molecule has 9 nitrogen and oxygen atoms in total. The SMILES string of the molecule is Cc1noc(C)c1S(=O)(=O)NCc1nnc(C(=O)Nc2ccccc2F)s1. The number of halogens is 1. The third-order valence-corrected chi connectivity index (χ3v) is 6.00. The zero-order valence-corrected chi connectivity index (χ0v) is 15.8. The Bertz CT molecular complexity index is 1070. The van der Waals surface area contributed by atoms with Crippen LogP contribution in [0.1, 0.15) is 26.3 Å². The lowest BCUT2D eigenvalue weighted by molar-refractivity contribution is 0.102. The summed E-state index contributed by atoms with van der Waals surface area (Å²) >= 11 is 0.890. The van der Waals surface area contributed by atoms with Crippen LogP contribution < -0.4 is 10.0 Å². The summed E-state index contributed by atoms with van der Waals surface area (Å²) < 4.78 is 45.5. The lowest BCUT2D eigenvalue weighted by atomic mass is 10.3. The van der Waals surface area contributed by atoms with Gasteiger partial charge in [0.15, 0.2) is 5.76 Å². The zero-order chi connectivity index (χ0) is 19.6. The summed E-state index contributed by atoms with van der Waals surface area (Å²) in [5, 5.41) is 13.7. The van der Waals surface area contributed by atoms with Gasteiger partial charge in [0.05, 0.1) is 12.2 Å². The molecule has 0 aliphatic rings. The number of aromatic nitrogens is 3. The maximum absolute atomic E-state index is 13.6. The molecule has 12 heteroatoms.